The Morgan fingerprint density at radius 1 is 1.37 bits per heavy atom. The van der Waals surface area contributed by atoms with Crippen LogP contribution in [0.1, 0.15) is 40.0 Å². The Balaban J connectivity index is 2.50. The quantitative estimate of drug-likeness (QED) is 0.766. The number of hydrogen-bond acceptors (Lipinski definition) is 3. The van der Waals surface area contributed by atoms with E-state index in [9.17, 15) is 9.59 Å². The molecule has 1 rings (SSSR count). The molecule has 2 N–H and O–H groups in total. The van der Waals surface area contributed by atoms with Crippen LogP contribution in [0.15, 0.2) is 12.7 Å². The predicted molar refractivity (Wildman–Crippen MR) is 73.7 cm³/mol. The molecular weight excluding hydrogens is 244 g/mol. The Morgan fingerprint density at radius 2 is 2.05 bits per heavy atom. The van der Waals surface area contributed by atoms with Crippen LogP contribution < -0.4 is 10.6 Å². The summed E-state index contributed by atoms with van der Waals surface area (Å²) < 4.78 is 5.21. The van der Waals surface area contributed by atoms with Crippen LogP contribution in [-0.4, -0.2) is 30.2 Å². The highest BCUT2D eigenvalue weighted by Crippen LogP contribution is 2.26. The Kier molecular flexibility index (Phi) is 5.39. The van der Waals surface area contributed by atoms with E-state index in [1.807, 2.05) is 20.8 Å². The highest BCUT2D eigenvalue weighted by Gasteiger charge is 2.34. The lowest BCUT2D eigenvalue weighted by Crippen LogP contribution is -2.45. The van der Waals surface area contributed by atoms with Gasteiger partial charge in [0.15, 0.2) is 0 Å². The first-order valence-corrected chi connectivity index (χ1v) is 6.71. The van der Waals surface area contributed by atoms with Gasteiger partial charge < -0.3 is 15.4 Å². The van der Waals surface area contributed by atoms with Gasteiger partial charge >= 0.3 is 6.09 Å². The van der Waals surface area contributed by atoms with E-state index in [4.69, 9.17) is 4.74 Å². The fraction of sp³-hybridized carbons (Fsp3) is 0.714. The third-order valence-corrected chi connectivity index (χ3v) is 2.98. The van der Waals surface area contributed by atoms with E-state index >= 15 is 0 Å². The minimum Gasteiger partial charge on any atom is -0.444 e. The van der Waals surface area contributed by atoms with E-state index < -0.39 is 11.7 Å². The van der Waals surface area contributed by atoms with E-state index in [2.05, 4.69) is 17.2 Å². The Bertz CT molecular complexity index is 347. The average Bonchev–Trinajstić information content (AvgIpc) is 2.71. The van der Waals surface area contributed by atoms with Crippen molar-refractivity contribution >= 4 is 12.0 Å². The van der Waals surface area contributed by atoms with Gasteiger partial charge in [0.05, 0.1) is 5.92 Å². The number of nitrogens with one attached hydrogen (secondary N) is 2. The second kappa shape index (κ2) is 6.59. The zero-order valence-electron chi connectivity index (χ0n) is 12.0. The van der Waals surface area contributed by atoms with Crippen molar-refractivity contribution in [2.45, 2.75) is 51.7 Å². The number of carbonyl (C=O) groups is 2. The summed E-state index contributed by atoms with van der Waals surface area (Å²) in [4.78, 5) is 23.6. The Morgan fingerprint density at radius 3 is 2.63 bits per heavy atom. The molecule has 0 spiro atoms. The molecule has 0 bridgehead atoms. The van der Waals surface area contributed by atoms with Crippen molar-refractivity contribution in [1.82, 2.24) is 10.6 Å². The van der Waals surface area contributed by atoms with E-state index in [0.29, 0.717) is 6.54 Å². The molecule has 5 heteroatoms. The topological polar surface area (TPSA) is 67.4 Å². The van der Waals surface area contributed by atoms with Crippen molar-refractivity contribution in [2.75, 3.05) is 6.54 Å². The summed E-state index contributed by atoms with van der Waals surface area (Å²) in [6, 6.07) is -0.139. The van der Waals surface area contributed by atoms with E-state index in [1.54, 1.807) is 6.08 Å². The highest BCUT2D eigenvalue weighted by molar-refractivity contribution is 5.80. The van der Waals surface area contributed by atoms with Gasteiger partial charge in [-0.2, -0.15) is 0 Å². The number of amides is 2. The molecule has 108 valence electrons. The van der Waals surface area contributed by atoms with Gasteiger partial charge in [0.25, 0.3) is 0 Å². The molecule has 2 atom stereocenters. The third-order valence-electron chi connectivity index (χ3n) is 2.98. The first-order valence-electron chi connectivity index (χ1n) is 6.71. The maximum atomic E-state index is 11.9. The molecule has 5 nitrogen and oxygen atoms in total. The maximum absolute atomic E-state index is 11.9. The van der Waals surface area contributed by atoms with Crippen LogP contribution in [0, 0.1) is 5.92 Å². The van der Waals surface area contributed by atoms with Crippen molar-refractivity contribution in [1.29, 1.82) is 0 Å². The molecule has 2 unspecified atom stereocenters. The van der Waals surface area contributed by atoms with Crippen LogP contribution in [0.2, 0.25) is 0 Å². The van der Waals surface area contributed by atoms with Crippen molar-refractivity contribution in [2.24, 2.45) is 5.92 Å². The maximum Gasteiger partial charge on any atom is 0.407 e. The Labute approximate surface area is 114 Å². The molecule has 0 aromatic carbocycles. The SMILES string of the molecule is C=CCNC(=O)C1CCCC1NC(=O)OC(C)(C)C. The minimum atomic E-state index is -0.525. The van der Waals surface area contributed by atoms with Gasteiger partial charge in [-0.3, -0.25) is 4.79 Å². The summed E-state index contributed by atoms with van der Waals surface area (Å²) in [6.45, 7) is 9.46. The second-order valence-corrected chi connectivity index (χ2v) is 5.82. The average molecular weight is 268 g/mol. The van der Waals surface area contributed by atoms with Gasteiger partial charge in [0.2, 0.25) is 5.91 Å². The van der Waals surface area contributed by atoms with E-state index in [0.717, 1.165) is 19.3 Å². The van der Waals surface area contributed by atoms with Crippen LogP contribution in [0.3, 0.4) is 0 Å². The number of alkyl carbamates (subject to hydrolysis) is 1. The van der Waals surface area contributed by atoms with Crippen LogP contribution in [0.5, 0.6) is 0 Å². The predicted octanol–water partition coefficient (Wildman–Crippen LogP) is 1.98. The summed E-state index contributed by atoms with van der Waals surface area (Å²) >= 11 is 0. The molecule has 0 aromatic heterocycles. The van der Waals surface area contributed by atoms with Crippen LogP contribution >= 0.6 is 0 Å². The smallest absolute Gasteiger partial charge is 0.407 e. The van der Waals surface area contributed by atoms with Crippen molar-refractivity contribution in [3.8, 4) is 0 Å². The van der Waals surface area contributed by atoms with Gasteiger partial charge in [-0.15, -0.1) is 6.58 Å². The highest BCUT2D eigenvalue weighted by atomic mass is 16.6. The van der Waals surface area contributed by atoms with Gasteiger partial charge in [0, 0.05) is 12.6 Å². The fourth-order valence-corrected chi connectivity index (χ4v) is 2.21. The summed E-state index contributed by atoms with van der Waals surface area (Å²) in [5, 5.41) is 5.57. The zero-order valence-corrected chi connectivity index (χ0v) is 12.0. The molecule has 2 amide bonds. The van der Waals surface area contributed by atoms with Crippen molar-refractivity contribution in [3.05, 3.63) is 12.7 Å². The van der Waals surface area contributed by atoms with Gasteiger partial charge in [0.1, 0.15) is 5.60 Å². The monoisotopic (exact) mass is 268 g/mol. The lowest BCUT2D eigenvalue weighted by molar-refractivity contribution is -0.125. The number of rotatable bonds is 4. The molecule has 1 saturated carbocycles. The van der Waals surface area contributed by atoms with Crippen molar-refractivity contribution < 1.29 is 14.3 Å². The molecule has 0 aromatic rings. The third kappa shape index (κ3) is 5.32. The normalized spacial score (nSPS) is 22.7. The summed E-state index contributed by atoms with van der Waals surface area (Å²) in [5.41, 5.74) is -0.525. The van der Waals surface area contributed by atoms with E-state index in [1.165, 1.54) is 0 Å². The summed E-state index contributed by atoms with van der Waals surface area (Å²) in [5.74, 6) is -0.203. The first kappa shape index (κ1) is 15.5. The Hall–Kier alpha value is -1.52. The zero-order chi connectivity index (χ0) is 14.5. The standard InChI is InChI=1S/C14H24N2O3/c1-5-9-15-12(17)10-7-6-8-11(10)16-13(18)19-14(2,3)4/h5,10-11H,1,6-9H2,2-4H3,(H,15,17)(H,16,18). The molecule has 1 fully saturated rings. The molecule has 0 saturated heterocycles. The van der Waals surface area contributed by atoms with Crippen molar-refractivity contribution in [3.63, 3.8) is 0 Å². The van der Waals surface area contributed by atoms with E-state index in [-0.39, 0.29) is 17.9 Å². The molecule has 0 aliphatic heterocycles. The summed E-state index contributed by atoms with van der Waals surface area (Å²) in [6.07, 6.45) is 3.73. The fourth-order valence-electron chi connectivity index (χ4n) is 2.21. The van der Waals surface area contributed by atoms with Crippen LogP contribution in [0.4, 0.5) is 4.79 Å². The molecule has 0 radical (unpaired) electrons. The lowest BCUT2D eigenvalue weighted by atomic mass is 10.0. The minimum absolute atomic E-state index is 0.0292. The molecular formula is C14H24N2O3. The summed E-state index contributed by atoms with van der Waals surface area (Å²) in [7, 11) is 0. The molecule has 1 aliphatic carbocycles. The number of carbonyl (C=O) groups excluding carboxylic acids is 2. The molecule has 0 heterocycles. The van der Waals surface area contributed by atoms with Gasteiger partial charge in [-0.25, -0.2) is 4.79 Å². The molecule has 1 aliphatic rings. The number of hydrogen-bond donors (Lipinski definition) is 2. The molecule has 19 heavy (non-hydrogen) atoms. The van der Waals surface area contributed by atoms with Gasteiger partial charge in [-0.05, 0) is 33.6 Å². The van der Waals surface area contributed by atoms with Crippen LogP contribution in [-0.2, 0) is 9.53 Å². The second-order valence-electron chi connectivity index (χ2n) is 5.82. The number of ether oxygens (including phenoxy) is 1. The van der Waals surface area contributed by atoms with Gasteiger partial charge in [-0.1, -0.05) is 12.5 Å². The van der Waals surface area contributed by atoms with Crippen LogP contribution in [0.25, 0.3) is 0 Å². The largest absolute Gasteiger partial charge is 0.444 e. The first-order chi connectivity index (χ1) is 8.83. The lowest BCUT2D eigenvalue weighted by Gasteiger charge is -2.24.